The van der Waals surface area contributed by atoms with E-state index in [-0.39, 0.29) is 115 Å². The molecule has 0 atom stereocenters. The van der Waals surface area contributed by atoms with Gasteiger partial charge < -0.3 is 31.1 Å². The Kier molecular flexibility index (Phi) is 15.3. The fourth-order valence-corrected chi connectivity index (χ4v) is 6.83. The van der Waals surface area contributed by atoms with Gasteiger partial charge in [0.25, 0.3) is 20.2 Å². The molecule has 6 rings (SSSR count). The average molecular weight is 873 g/mol. The number of hydrogen-bond acceptors (Lipinski definition) is 13. The molecule has 60 heavy (non-hydrogen) atoms. The standard InChI is InChI=1S/C37H30N8O11S2.2Na/c1-19(46)38-23-3-7-25(8-4-23)42-44-33-31(57(51,52)53)17-21-15-27(11-13-29(21)35(33)48)40-37(50)41-28-12-14-30-22(16-28)18-32(58(54,55)56)34(36(30)49)45-43-26-9-5-24(6-10-26)39-20(2)47;;/h3-18,48-49H,1-2H3,(H,38,46)(H,39,47)(H2,40,41,50)(H,51,52,53)(H,54,55,56);;. The van der Waals surface area contributed by atoms with Gasteiger partial charge in [-0.25, -0.2) is 14.8 Å². The van der Waals surface area contributed by atoms with Gasteiger partial charge in [0.15, 0.2) is 23.3 Å². The van der Waals surface area contributed by atoms with Crippen LogP contribution < -0.4 is 10.6 Å². The fourth-order valence-electron chi connectivity index (χ4n) is 5.52. The van der Waals surface area contributed by atoms with Crippen molar-refractivity contribution in [1.29, 1.82) is 0 Å². The Hall–Kier alpha value is -5.33. The van der Waals surface area contributed by atoms with E-state index in [1.54, 1.807) is 0 Å². The van der Waals surface area contributed by atoms with E-state index in [1.807, 2.05) is 0 Å². The van der Waals surface area contributed by atoms with Gasteiger partial charge in [0.2, 0.25) is 0 Å². The van der Waals surface area contributed by atoms with Gasteiger partial charge in [-0.2, -0.15) is 27.1 Å². The van der Waals surface area contributed by atoms with Crippen molar-refractivity contribution in [1.82, 2.24) is 0 Å². The van der Waals surface area contributed by atoms with Crippen molar-refractivity contribution in [2.75, 3.05) is 10.6 Å². The molecule has 0 heterocycles. The summed E-state index contributed by atoms with van der Waals surface area (Å²) in [5, 5.41) is 61.8. The third-order valence-electron chi connectivity index (χ3n) is 7.99. The molecule has 6 aromatic carbocycles. The molecule has 0 saturated carbocycles. The van der Waals surface area contributed by atoms with Crippen LogP contribution >= 0.6 is 0 Å². The summed E-state index contributed by atoms with van der Waals surface area (Å²) in [4.78, 5) is 19.3. The minimum atomic E-state index is -4.96. The van der Waals surface area contributed by atoms with Crippen LogP contribution in [0.25, 0.3) is 21.5 Å². The Morgan fingerprint density at radius 1 is 0.517 bits per heavy atom. The first-order valence-corrected chi connectivity index (χ1v) is 19.4. The molecule has 0 aliphatic carbocycles. The van der Waals surface area contributed by atoms with E-state index in [4.69, 9.17) is 0 Å². The van der Waals surface area contributed by atoms with Gasteiger partial charge >= 0.3 is 6.03 Å². The van der Waals surface area contributed by atoms with Crippen LogP contribution in [0.1, 0.15) is 13.8 Å². The molecule has 8 N–H and O–H groups in total. The van der Waals surface area contributed by atoms with Gasteiger partial charge in [0, 0.05) is 95.1 Å². The number of nitrogens with zero attached hydrogens (tertiary/aromatic N) is 6. The maximum Gasteiger partial charge on any atom is 0.323 e. The summed E-state index contributed by atoms with van der Waals surface area (Å²) in [5.41, 5.74) is 0.438. The number of urea groups is 1. The number of azo groups is 2. The topological polar surface area (TPSA) is 305 Å². The van der Waals surface area contributed by atoms with Crippen molar-refractivity contribution < 1.29 is 51.2 Å². The maximum absolute atomic E-state index is 13.0. The quantitative estimate of drug-likeness (QED) is 0.0211. The number of carbonyl (C=O) groups excluding carboxylic acids is 1. The van der Waals surface area contributed by atoms with Crippen molar-refractivity contribution in [2.24, 2.45) is 30.4 Å². The number of aliphatic imine (C=N–C) groups is 2. The van der Waals surface area contributed by atoms with Crippen LogP contribution in [0.2, 0.25) is 0 Å². The number of benzene rings is 6. The van der Waals surface area contributed by atoms with Crippen molar-refractivity contribution in [3.8, 4) is 11.5 Å². The number of fused-ring (bicyclic) bond motifs is 2. The first kappa shape index (κ1) is 47.3. The fraction of sp³-hybridized carbons (Fsp3) is 0.0541. The summed E-state index contributed by atoms with van der Waals surface area (Å²) in [5.74, 6) is -1.59. The number of phenolic OH excluding ortho intramolecular Hbond substituents is 2. The summed E-state index contributed by atoms with van der Waals surface area (Å²) in [6, 6.07) is 21.4. The molecule has 0 spiro atoms. The molecule has 298 valence electrons. The van der Waals surface area contributed by atoms with Crippen LogP contribution in [0.3, 0.4) is 0 Å². The Morgan fingerprint density at radius 3 is 1.17 bits per heavy atom. The SMILES string of the molecule is CC(O)=Nc1ccc(N=Nc2c(S(=O)(=O)O)cc3cc(NC(=O)Nc4ccc5c(O)c(N=Nc6ccc(N=C(C)O)cc6)c(S(=O)(=O)O)cc5c4)ccc3c2O)cc1.[Na].[Na]. The number of anilines is 2. The minimum Gasteiger partial charge on any atom is -0.505 e. The molecular formula is C37H30N8Na2O11S2. The molecule has 6 aromatic rings. The zero-order chi connectivity index (χ0) is 41.9. The number of rotatable bonds is 10. The monoisotopic (exact) mass is 872 g/mol. The van der Waals surface area contributed by atoms with Gasteiger partial charge in [-0.05, 0) is 108 Å². The molecule has 0 aromatic heterocycles. The number of carbonyl (C=O) groups is 1. The summed E-state index contributed by atoms with van der Waals surface area (Å²) >= 11 is 0. The third-order valence-corrected chi connectivity index (χ3v) is 9.72. The van der Waals surface area contributed by atoms with Gasteiger partial charge in [0.05, 0.1) is 22.7 Å². The van der Waals surface area contributed by atoms with Crippen molar-refractivity contribution in [3.63, 3.8) is 0 Å². The van der Waals surface area contributed by atoms with Gasteiger partial charge in [-0.1, -0.05) is 0 Å². The number of aliphatic hydroxyl groups is 2. The van der Waals surface area contributed by atoms with E-state index in [9.17, 15) is 51.2 Å². The molecule has 2 radical (unpaired) electrons. The van der Waals surface area contributed by atoms with E-state index in [0.29, 0.717) is 11.4 Å². The summed E-state index contributed by atoms with van der Waals surface area (Å²) in [6.45, 7) is 2.78. The molecule has 2 amide bonds. The second-order valence-corrected chi connectivity index (χ2v) is 15.1. The second kappa shape index (κ2) is 19.4. The van der Waals surface area contributed by atoms with E-state index in [0.717, 1.165) is 12.1 Å². The Morgan fingerprint density at radius 2 is 0.850 bits per heavy atom. The molecule has 0 saturated heterocycles. The first-order valence-electron chi connectivity index (χ1n) is 16.5. The predicted octanol–water partition coefficient (Wildman–Crippen LogP) is 8.83. The summed E-state index contributed by atoms with van der Waals surface area (Å²) < 4.78 is 69.4. The number of nitrogens with one attached hydrogen (secondary N) is 2. The number of aromatic hydroxyl groups is 2. The Bertz CT molecular complexity index is 2780. The second-order valence-electron chi connectivity index (χ2n) is 12.3. The zero-order valence-electron chi connectivity index (χ0n) is 32.0. The predicted molar refractivity (Wildman–Crippen MR) is 227 cm³/mol. The Balaban J connectivity index is 0.00000397. The summed E-state index contributed by atoms with van der Waals surface area (Å²) in [6.07, 6.45) is 0. The van der Waals surface area contributed by atoms with Crippen LogP contribution in [0, 0.1) is 0 Å². The molecular weight excluding hydrogens is 843 g/mol. The molecule has 0 bridgehead atoms. The van der Waals surface area contributed by atoms with Crippen LogP contribution in [-0.4, -0.2) is 123 Å². The Labute approximate surface area is 385 Å². The smallest absolute Gasteiger partial charge is 0.323 e. The molecule has 0 aliphatic rings. The third kappa shape index (κ3) is 11.5. The number of amides is 2. The average Bonchev–Trinajstić information content (AvgIpc) is 3.13. The molecule has 0 unspecified atom stereocenters. The number of hydrogen-bond donors (Lipinski definition) is 8. The van der Waals surface area contributed by atoms with Gasteiger partial charge in [0.1, 0.15) is 21.2 Å². The summed E-state index contributed by atoms with van der Waals surface area (Å²) in [7, 11) is -9.92. The van der Waals surface area contributed by atoms with Crippen LogP contribution in [0.5, 0.6) is 11.5 Å². The number of phenols is 2. The van der Waals surface area contributed by atoms with Gasteiger partial charge in [-0.15, -0.1) is 10.2 Å². The minimum absolute atomic E-state index is 0. The first-order chi connectivity index (χ1) is 27.3. The van der Waals surface area contributed by atoms with Crippen molar-refractivity contribution in [3.05, 3.63) is 97.1 Å². The van der Waals surface area contributed by atoms with E-state index < -0.39 is 58.9 Å². The van der Waals surface area contributed by atoms with Crippen molar-refractivity contribution >= 4 is 164 Å². The van der Waals surface area contributed by atoms with Gasteiger partial charge in [-0.3, -0.25) is 9.11 Å². The van der Waals surface area contributed by atoms with E-state index in [2.05, 4.69) is 41.1 Å². The number of aliphatic hydroxyl groups excluding tert-OH is 2. The largest absolute Gasteiger partial charge is 0.505 e. The van der Waals surface area contributed by atoms with E-state index >= 15 is 0 Å². The van der Waals surface area contributed by atoms with Crippen LogP contribution in [0.15, 0.2) is 137 Å². The molecule has 23 heteroatoms. The van der Waals surface area contributed by atoms with Crippen molar-refractivity contribution in [2.45, 2.75) is 23.6 Å². The molecule has 19 nitrogen and oxygen atoms in total. The maximum atomic E-state index is 13.0. The molecule has 0 aliphatic heterocycles. The zero-order valence-corrected chi connectivity index (χ0v) is 37.6. The van der Waals surface area contributed by atoms with Crippen LogP contribution in [0.4, 0.5) is 50.3 Å². The molecule has 0 fully saturated rings. The van der Waals surface area contributed by atoms with E-state index in [1.165, 1.54) is 98.8 Å². The van der Waals surface area contributed by atoms with Crippen LogP contribution in [-0.2, 0) is 20.2 Å². The normalized spacial score (nSPS) is 12.4.